The van der Waals surface area contributed by atoms with E-state index in [1.807, 2.05) is 12.1 Å². The zero-order valence-electron chi connectivity index (χ0n) is 12.3. The molecule has 0 amide bonds. The number of rotatable bonds is 3. The van der Waals surface area contributed by atoms with Crippen LogP contribution in [0.4, 0.5) is 5.82 Å². The van der Waals surface area contributed by atoms with Crippen molar-refractivity contribution in [3.05, 3.63) is 39.9 Å². The molecule has 1 aliphatic heterocycles. The maximum atomic E-state index is 12.2. The molecule has 22 heavy (non-hydrogen) atoms. The average molecular weight is 320 g/mol. The van der Waals surface area contributed by atoms with Crippen LogP contribution in [0.1, 0.15) is 13.3 Å². The summed E-state index contributed by atoms with van der Waals surface area (Å²) in [4.78, 5) is 25.6. The van der Waals surface area contributed by atoms with E-state index in [2.05, 4.69) is 32.1 Å². The van der Waals surface area contributed by atoms with Crippen molar-refractivity contribution < 1.29 is 0 Å². The Balaban J connectivity index is 2.07. The summed E-state index contributed by atoms with van der Waals surface area (Å²) in [5.74, 6) is 1.07. The van der Waals surface area contributed by atoms with Crippen LogP contribution in [0.3, 0.4) is 0 Å². The molecule has 0 saturated carbocycles. The van der Waals surface area contributed by atoms with Crippen molar-refractivity contribution in [2.75, 3.05) is 24.5 Å². The highest BCUT2D eigenvalue weighted by atomic mass is 35.5. The van der Waals surface area contributed by atoms with Gasteiger partial charge in [-0.1, -0.05) is 18.5 Å². The number of aromatic amines is 1. The number of anilines is 1. The molecule has 1 unspecified atom stereocenters. The number of nitrogens with zero attached hydrogens (tertiary/aromatic N) is 3. The largest absolute Gasteiger partial charge is 0.350 e. The van der Waals surface area contributed by atoms with E-state index in [1.54, 1.807) is 12.4 Å². The van der Waals surface area contributed by atoms with Gasteiger partial charge in [-0.05, 0) is 18.6 Å². The van der Waals surface area contributed by atoms with Crippen LogP contribution >= 0.6 is 11.6 Å². The topological polar surface area (TPSA) is 73.9 Å². The fraction of sp³-hybridized carbons (Fsp3) is 0.400. The van der Waals surface area contributed by atoms with Crippen molar-refractivity contribution in [2.45, 2.75) is 19.4 Å². The molecule has 1 aliphatic rings. The lowest BCUT2D eigenvalue weighted by molar-refractivity contribution is 0.463. The van der Waals surface area contributed by atoms with Crippen LogP contribution in [-0.2, 0) is 0 Å². The van der Waals surface area contributed by atoms with Crippen LogP contribution in [0.2, 0.25) is 5.02 Å². The lowest BCUT2D eigenvalue weighted by atomic mass is 10.1. The Hall–Kier alpha value is -1.92. The van der Waals surface area contributed by atoms with E-state index in [0.717, 1.165) is 31.6 Å². The molecule has 2 N–H and O–H groups in total. The third-order valence-electron chi connectivity index (χ3n) is 3.89. The number of hydrogen-bond donors (Lipinski definition) is 2. The van der Waals surface area contributed by atoms with E-state index in [-0.39, 0.29) is 16.6 Å². The molecule has 0 aromatic carbocycles. The summed E-state index contributed by atoms with van der Waals surface area (Å²) in [6, 6.07) is 3.90. The van der Waals surface area contributed by atoms with E-state index in [4.69, 9.17) is 11.6 Å². The molecule has 0 spiro atoms. The molecule has 7 heteroatoms. The molecule has 116 valence electrons. The minimum Gasteiger partial charge on any atom is -0.350 e. The van der Waals surface area contributed by atoms with Crippen molar-refractivity contribution >= 4 is 17.4 Å². The highest BCUT2D eigenvalue weighted by molar-refractivity contribution is 6.32. The molecule has 0 radical (unpaired) electrons. The van der Waals surface area contributed by atoms with Crippen LogP contribution in [-0.4, -0.2) is 40.6 Å². The summed E-state index contributed by atoms with van der Waals surface area (Å²) in [5.41, 5.74) is 0.500. The summed E-state index contributed by atoms with van der Waals surface area (Å²) in [6.45, 7) is 4.62. The van der Waals surface area contributed by atoms with Crippen molar-refractivity contribution in [3.8, 4) is 11.4 Å². The van der Waals surface area contributed by atoms with E-state index in [1.165, 1.54) is 0 Å². The molecule has 1 fully saturated rings. The van der Waals surface area contributed by atoms with Gasteiger partial charge in [-0.3, -0.25) is 9.78 Å². The molecule has 0 aliphatic carbocycles. The number of pyridine rings is 1. The van der Waals surface area contributed by atoms with Crippen LogP contribution in [0, 0.1) is 0 Å². The first kappa shape index (κ1) is 15.0. The Morgan fingerprint density at radius 2 is 2.18 bits per heavy atom. The van der Waals surface area contributed by atoms with E-state index in [9.17, 15) is 4.79 Å². The Kier molecular flexibility index (Phi) is 4.40. The molecule has 3 rings (SSSR count). The SMILES string of the molecule is CCC1CNCCN1c1nc(-c2ccncc2)[nH]c(=O)c1Cl. The smallest absolute Gasteiger partial charge is 0.272 e. The summed E-state index contributed by atoms with van der Waals surface area (Å²) in [7, 11) is 0. The first-order valence-corrected chi connectivity index (χ1v) is 7.76. The number of aromatic nitrogens is 3. The lowest BCUT2D eigenvalue weighted by Crippen LogP contribution is -2.51. The number of nitrogens with one attached hydrogen (secondary N) is 2. The molecule has 2 aromatic heterocycles. The second kappa shape index (κ2) is 6.46. The predicted octanol–water partition coefficient (Wildman–Crippen LogP) is 1.67. The average Bonchev–Trinajstić information content (AvgIpc) is 2.58. The van der Waals surface area contributed by atoms with Gasteiger partial charge in [0.25, 0.3) is 5.56 Å². The maximum absolute atomic E-state index is 12.2. The van der Waals surface area contributed by atoms with Crippen molar-refractivity contribution in [2.24, 2.45) is 0 Å². The van der Waals surface area contributed by atoms with Crippen LogP contribution in [0.25, 0.3) is 11.4 Å². The molecule has 3 heterocycles. The second-order valence-electron chi connectivity index (χ2n) is 5.25. The van der Waals surface area contributed by atoms with Gasteiger partial charge in [0, 0.05) is 43.6 Å². The minimum atomic E-state index is -0.313. The molecule has 0 bridgehead atoms. The summed E-state index contributed by atoms with van der Waals surface area (Å²) in [5, 5.41) is 3.51. The minimum absolute atomic E-state index is 0.151. The Morgan fingerprint density at radius 1 is 1.41 bits per heavy atom. The normalized spacial score (nSPS) is 18.5. The quantitative estimate of drug-likeness (QED) is 0.900. The molecule has 1 saturated heterocycles. The monoisotopic (exact) mass is 319 g/mol. The highest BCUT2D eigenvalue weighted by Gasteiger charge is 2.25. The number of H-pyrrole nitrogens is 1. The van der Waals surface area contributed by atoms with Crippen molar-refractivity contribution in [1.82, 2.24) is 20.3 Å². The summed E-state index contributed by atoms with van der Waals surface area (Å²) in [6.07, 6.45) is 4.30. The van der Waals surface area contributed by atoms with Gasteiger partial charge in [0.05, 0.1) is 0 Å². The molecule has 6 nitrogen and oxygen atoms in total. The molecular formula is C15H18ClN5O. The summed E-state index contributed by atoms with van der Waals surface area (Å²) < 4.78 is 0. The van der Waals surface area contributed by atoms with Crippen LogP contribution in [0.15, 0.2) is 29.3 Å². The van der Waals surface area contributed by atoms with Gasteiger partial charge in [-0.2, -0.15) is 0 Å². The number of hydrogen-bond acceptors (Lipinski definition) is 5. The number of piperazine rings is 1. The first-order chi connectivity index (χ1) is 10.7. The fourth-order valence-corrected chi connectivity index (χ4v) is 2.89. The van der Waals surface area contributed by atoms with Gasteiger partial charge in [0.2, 0.25) is 0 Å². The van der Waals surface area contributed by atoms with Gasteiger partial charge in [-0.25, -0.2) is 4.98 Å². The Morgan fingerprint density at radius 3 is 2.91 bits per heavy atom. The Labute approximate surface area is 133 Å². The van der Waals surface area contributed by atoms with E-state index >= 15 is 0 Å². The molecule has 2 aromatic rings. The second-order valence-corrected chi connectivity index (χ2v) is 5.63. The zero-order chi connectivity index (χ0) is 15.5. The highest BCUT2D eigenvalue weighted by Crippen LogP contribution is 2.26. The standard InChI is InChI=1S/C15H18ClN5O/c1-2-11-9-18-7-8-21(11)14-12(16)15(22)20-13(19-14)10-3-5-17-6-4-10/h3-6,11,18H,2,7-9H2,1H3,(H,19,20,22). The first-order valence-electron chi connectivity index (χ1n) is 7.38. The lowest BCUT2D eigenvalue weighted by Gasteiger charge is -2.37. The van der Waals surface area contributed by atoms with Crippen molar-refractivity contribution in [3.63, 3.8) is 0 Å². The summed E-state index contributed by atoms with van der Waals surface area (Å²) >= 11 is 6.23. The van der Waals surface area contributed by atoms with Crippen LogP contribution in [0.5, 0.6) is 0 Å². The Bertz CT molecular complexity index is 703. The van der Waals surface area contributed by atoms with Gasteiger partial charge < -0.3 is 15.2 Å². The van der Waals surface area contributed by atoms with Gasteiger partial charge in [0.15, 0.2) is 5.82 Å². The third kappa shape index (κ3) is 2.84. The number of halogens is 1. The van der Waals surface area contributed by atoms with E-state index < -0.39 is 0 Å². The van der Waals surface area contributed by atoms with Gasteiger partial charge in [-0.15, -0.1) is 0 Å². The third-order valence-corrected chi connectivity index (χ3v) is 4.23. The zero-order valence-corrected chi connectivity index (χ0v) is 13.1. The van der Waals surface area contributed by atoms with Crippen molar-refractivity contribution in [1.29, 1.82) is 0 Å². The molecule has 1 atom stereocenters. The predicted molar refractivity (Wildman–Crippen MR) is 87.4 cm³/mol. The van der Waals surface area contributed by atoms with Gasteiger partial charge in [0.1, 0.15) is 10.8 Å². The molecular weight excluding hydrogens is 302 g/mol. The van der Waals surface area contributed by atoms with E-state index in [0.29, 0.717) is 11.6 Å². The fourth-order valence-electron chi connectivity index (χ4n) is 2.69. The maximum Gasteiger partial charge on any atom is 0.272 e. The van der Waals surface area contributed by atoms with Crippen LogP contribution < -0.4 is 15.8 Å². The van der Waals surface area contributed by atoms with Gasteiger partial charge >= 0.3 is 0 Å².